The zero-order valence-electron chi connectivity index (χ0n) is 11.8. The Balaban J connectivity index is 0.00000162. The monoisotopic (exact) mass is 319 g/mol. The first-order valence-corrected chi connectivity index (χ1v) is 7.08. The maximum absolute atomic E-state index is 11.8. The first-order valence-electron chi connectivity index (χ1n) is 7.08. The van der Waals surface area contributed by atoms with Gasteiger partial charge >= 0.3 is 5.97 Å². The zero-order chi connectivity index (χ0) is 12.5. The normalized spacial score (nSPS) is 35.6. The zero-order valence-corrected chi connectivity index (χ0v) is 13.4. The van der Waals surface area contributed by atoms with E-state index < -0.39 is 0 Å². The molecule has 0 spiro atoms. The molecular formula is C14H26BrNO2. The van der Waals surface area contributed by atoms with Crippen LogP contribution >= 0.6 is 0 Å². The number of quaternary nitrogens is 1. The second-order valence-electron chi connectivity index (χ2n) is 6.26. The van der Waals surface area contributed by atoms with Gasteiger partial charge in [-0.15, -0.1) is 0 Å². The van der Waals surface area contributed by atoms with Gasteiger partial charge in [0, 0.05) is 12.8 Å². The Morgan fingerprint density at radius 3 is 2.50 bits per heavy atom. The maximum atomic E-state index is 11.8. The molecule has 2 saturated heterocycles. The van der Waals surface area contributed by atoms with Crippen LogP contribution in [0.5, 0.6) is 0 Å². The first-order chi connectivity index (χ1) is 8.03. The van der Waals surface area contributed by atoms with E-state index in [0.717, 1.165) is 10.9 Å². The number of rotatable bonds is 2. The minimum atomic E-state index is -0.0194. The maximum Gasteiger partial charge on any atom is 0.308 e. The smallest absolute Gasteiger partial charge is 0.308 e. The van der Waals surface area contributed by atoms with E-state index in [-0.39, 0.29) is 35.0 Å². The quantitative estimate of drug-likeness (QED) is 0.499. The molecule has 0 saturated carbocycles. The van der Waals surface area contributed by atoms with Gasteiger partial charge in [0.15, 0.2) is 6.10 Å². The summed E-state index contributed by atoms with van der Waals surface area (Å²) in [6.45, 7) is 6.36. The fraction of sp³-hybridized carbons (Fsp3) is 0.929. The van der Waals surface area contributed by atoms with E-state index in [1.54, 1.807) is 0 Å². The second-order valence-corrected chi connectivity index (χ2v) is 6.26. The molecule has 0 aliphatic carbocycles. The van der Waals surface area contributed by atoms with Crippen molar-refractivity contribution in [2.45, 2.75) is 58.1 Å². The highest BCUT2D eigenvalue weighted by atomic mass is 79.9. The number of likely N-dealkylation sites (N-methyl/N-ethyl adjacent to an activating group) is 1. The lowest BCUT2D eigenvalue weighted by Crippen LogP contribution is -3.00. The van der Waals surface area contributed by atoms with Gasteiger partial charge in [-0.25, -0.2) is 0 Å². The Hall–Kier alpha value is -0.0900. The number of nitrogens with zero attached hydrogens (tertiary/aromatic N) is 1. The first kappa shape index (κ1) is 16.0. The summed E-state index contributed by atoms with van der Waals surface area (Å²) in [4.78, 5) is 11.8. The summed E-state index contributed by atoms with van der Waals surface area (Å²) in [6, 6.07) is 0.556. The lowest BCUT2D eigenvalue weighted by Gasteiger charge is -2.50. The molecule has 3 nitrogen and oxygen atoms in total. The number of hydrogen-bond acceptors (Lipinski definition) is 2. The largest absolute Gasteiger partial charge is 1.00 e. The molecule has 3 unspecified atom stereocenters. The molecule has 2 rings (SSSR count). The Morgan fingerprint density at radius 2 is 1.83 bits per heavy atom. The van der Waals surface area contributed by atoms with Crippen LogP contribution in [-0.4, -0.2) is 42.7 Å². The lowest BCUT2D eigenvalue weighted by atomic mass is 9.88. The van der Waals surface area contributed by atoms with Gasteiger partial charge in [-0.3, -0.25) is 4.79 Å². The van der Waals surface area contributed by atoms with E-state index in [2.05, 4.69) is 7.05 Å². The molecule has 0 radical (unpaired) electrons. The number of carbonyl (C=O) groups is 1. The summed E-state index contributed by atoms with van der Waals surface area (Å²) in [5.74, 6) is -0.0201. The third-order valence-electron chi connectivity index (χ3n) is 4.55. The average molecular weight is 320 g/mol. The fourth-order valence-corrected chi connectivity index (χ4v) is 3.44. The van der Waals surface area contributed by atoms with Crippen molar-refractivity contribution in [2.24, 2.45) is 5.92 Å². The molecule has 0 N–H and O–H groups in total. The predicted octanol–water partition coefficient (Wildman–Crippen LogP) is -0.649. The molecule has 2 fully saturated rings. The van der Waals surface area contributed by atoms with E-state index in [4.69, 9.17) is 4.74 Å². The molecule has 18 heavy (non-hydrogen) atoms. The molecule has 106 valence electrons. The van der Waals surface area contributed by atoms with Gasteiger partial charge in [0.2, 0.25) is 0 Å². The van der Waals surface area contributed by atoms with Gasteiger partial charge in [-0.2, -0.15) is 0 Å². The molecule has 4 heteroatoms. The third kappa shape index (κ3) is 3.27. The van der Waals surface area contributed by atoms with Gasteiger partial charge in [-0.1, -0.05) is 13.8 Å². The second kappa shape index (κ2) is 6.38. The van der Waals surface area contributed by atoms with Crippen molar-refractivity contribution >= 4 is 5.97 Å². The van der Waals surface area contributed by atoms with Crippen molar-refractivity contribution in [1.29, 1.82) is 0 Å². The predicted molar refractivity (Wildman–Crippen MR) is 67.5 cm³/mol. The molecule has 0 aromatic carbocycles. The molecule has 0 aromatic heterocycles. The molecule has 2 aliphatic heterocycles. The number of esters is 1. The standard InChI is InChI=1S/C14H26NO2.BrH/c1-11(2)14(16)17-13-8-6-10-15(3)9-5-4-7-12(13)15;/h11-13H,4-10H2,1-3H3;1H/q+1;/p-1. The van der Waals surface area contributed by atoms with Crippen LogP contribution in [0.1, 0.15) is 46.0 Å². The minimum Gasteiger partial charge on any atom is -1.00 e. The molecule has 0 bridgehead atoms. The Morgan fingerprint density at radius 1 is 1.17 bits per heavy atom. The average Bonchev–Trinajstić information content (AvgIpc) is 2.28. The molecule has 2 heterocycles. The number of piperidine rings is 2. The highest BCUT2D eigenvalue weighted by Gasteiger charge is 2.45. The van der Waals surface area contributed by atoms with E-state index >= 15 is 0 Å². The van der Waals surface area contributed by atoms with Crippen molar-refractivity contribution in [3.63, 3.8) is 0 Å². The minimum absolute atomic E-state index is 0. The van der Waals surface area contributed by atoms with Gasteiger partial charge in [0.1, 0.15) is 6.04 Å². The van der Waals surface area contributed by atoms with Crippen LogP contribution < -0.4 is 17.0 Å². The molecule has 3 atom stereocenters. The Bertz CT molecular complexity index is 292. The van der Waals surface area contributed by atoms with Crippen LogP contribution in [0.4, 0.5) is 0 Å². The topological polar surface area (TPSA) is 26.3 Å². The highest BCUT2D eigenvalue weighted by molar-refractivity contribution is 5.71. The van der Waals surface area contributed by atoms with E-state index in [1.165, 1.54) is 38.8 Å². The molecule has 0 aromatic rings. The van der Waals surface area contributed by atoms with Gasteiger partial charge < -0.3 is 26.2 Å². The van der Waals surface area contributed by atoms with Crippen molar-refractivity contribution in [2.75, 3.05) is 20.1 Å². The van der Waals surface area contributed by atoms with Gasteiger partial charge in [0.25, 0.3) is 0 Å². The van der Waals surface area contributed by atoms with Crippen molar-refractivity contribution < 1.29 is 31.0 Å². The molecule has 0 amide bonds. The highest BCUT2D eigenvalue weighted by Crippen LogP contribution is 2.34. The Kier molecular flexibility index (Phi) is 5.66. The van der Waals surface area contributed by atoms with Crippen molar-refractivity contribution in [1.82, 2.24) is 0 Å². The number of carbonyl (C=O) groups excluding carboxylic acids is 1. The van der Waals surface area contributed by atoms with Crippen LogP contribution in [0, 0.1) is 5.92 Å². The summed E-state index contributed by atoms with van der Waals surface area (Å²) >= 11 is 0. The van der Waals surface area contributed by atoms with Crippen molar-refractivity contribution in [3.05, 3.63) is 0 Å². The number of hydrogen-bond donors (Lipinski definition) is 0. The van der Waals surface area contributed by atoms with Crippen LogP contribution in [0.15, 0.2) is 0 Å². The number of halogens is 1. The van der Waals surface area contributed by atoms with Crippen LogP contribution in [-0.2, 0) is 9.53 Å². The van der Waals surface area contributed by atoms with Crippen molar-refractivity contribution in [3.8, 4) is 0 Å². The summed E-state index contributed by atoms with van der Waals surface area (Å²) in [5.41, 5.74) is 0. The van der Waals surface area contributed by atoms with E-state index in [9.17, 15) is 4.79 Å². The molecular weight excluding hydrogens is 294 g/mol. The third-order valence-corrected chi connectivity index (χ3v) is 4.55. The van der Waals surface area contributed by atoms with Gasteiger partial charge in [0.05, 0.1) is 26.1 Å². The SMILES string of the molecule is CC(C)C(=O)OC1CCC[N+]2(C)CCCCC12.[Br-]. The van der Waals surface area contributed by atoms with Crippen LogP contribution in [0.2, 0.25) is 0 Å². The summed E-state index contributed by atoms with van der Waals surface area (Å²) in [5, 5.41) is 0. The van der Waals surface area contributed by atoms with Crippen LogP contribution in [0.25, 0.3) is 0 Å². The van der Waals surface area contributed by atoms with E-state index in [1.807, 2.05) is 13.8 Å². The number of ether oxygens (including phenoxy) is 1. The summed E-state index contributed by atoms with van der Waals surface area (Å²) in [7, 11) is 2.35. The fourth-order valence-electron chi connectivity index (χ4n) is 3.44. The number of fused-ring (bicyclic) bond motifs is 1. The van der Waals surface area contributed by atoms with E-state index in [0.29, 0.717) is 6.04 Å². The molecule has 2 aliphatic rings. The Labute approximate surface area is 121 Å². The summed E-state index contributed by atoms with van der Waals surface area (Å²) in [6.07, 6.45) is 6.29. The lowest BCUT2D eigenvalue weighted by molar-refractivity contribution is -0.946. The summed E-state index contributed by atoms with van der Waals surface area (Å²) < 4.78 is 6.87. The van der Waals surface area contributed by atoms with Gasteiger partial charge in [-0.05, 0) is 19.3 Å². The van der Waals surface area contributed by atoms with Crippen LogP contribution in [0.3, 0.4) is 0 Å².